The third-order valence-corrected chi connectivity index (χ3v) is 5.80. The predicted octanol–water partition coefficient (Wildman–Crippen LogP) is 5.38. The minimum Gasteiger partial charge on any atom is -0.497 e. The Bertz CT molecular complexity index is 1200. The summed E-state index contributed by atoms with van der Waals surface area (Å²) in [5.41, 5.74) is 5.88. The zero-order valence-corrected chi connectivity index (χ0v) is 18.0. The van der Waals surface area contributed by atoms with Crippen molar-refractivity contribution in [1.29, 1.82) is 0 Å². The summed E-state index contributed by atoms with van der Waals surface area (Å²) in [5.74, 6) is 1.01. The maximum absolute atomic E-state index is 12.6. The molecule has 30 heavy (non-hydrogen) atoms. The molecule has 3 aromatic carbocycles. The number of amides is 1. The van der Waals surface area contributed by atoms with Gasteiger partial charge in [0.25, 0.3) is 0 Å². The maximum Gasteiger partial charge on any atom is 0.234 e. The van der Waals surface area contributed by atoms with E-state index in [2.05, 4.69) is 9.88 Å². The summed E-state index contributed by atoms with van der Waals surface area (Å²) in [4.78, 5) is 17.4. The molecule has 4 rings (SSSR count). The highest BCUT2D eigenvalue weighted by atomic mass is 32.2. The summed E-state index contributed by atoms with van der Waals surface area (Å²) in [6.07, 6.45) is 0. The second-order valence-electron chi connectivity index (χ2n) is 7.07. The molecule has 5 nitrogen and oxygen atoms in total. The SMILES string of the molecule is COc1ccc(-n2c(SCC(=O)Nc3cc(C)ccc3C)nc3ccccc32)cc1. The third-order valence-electron chi connectivity index (χ3n) is 4.86. The summed E-state index contributed by atoms with van der Waals surface area (Å²) in [6.45, 7) is 4.01. The number of carbonyl (C=O) groups excluding carboxylic acids is 1. The van der Waals surface area contributed by atoms with E-state index in [4.69, 9.17) is 9.72 Å². The Hall–Kier alpha value is -3.25. The Morgan fingerprint density at radius 1 is 1.07 bits per heavy atom. The number of fused-ring (bicyclic) bond motifs is 1. The van der Waals surface area contributed by atoms with Gasteiger partial charge >= 0.3 is 0 Å². The van der Waals surface area contributed by atoms with Gasteiger partial charge in [0.1, 0.15) is 5.75 Å². The van der Waals surface area contributed by atoms with Gasteiger partial charge in [0.05, 0.1) is 23.9 Å². The minimum atomic E-state index is -0.0537. The average molecular weight is 418 g/mol. The number of para-hydroxylation sites is 2. The number of hydrogen-bond donors (Lipinski definition) is 1. The van der Waals surface area contributed by atoms with E-state index in [0.717, 1.165) is 44.4 Å². The highest BCUT2D eigenvalue weighted by Crippen LogP contribution is 2.29. The Morgan fingerprint density at radius 2 is 1.83 bits per heavy atom. The van der Waals surface area contributed by atoms with Crippen molar-refractivity contribution in [3.05, 3.63) is 77.9 Å². The fourth-order valence-electron chi connectivity index (χ4n) is 3.27. The van der Waals surface area contributed by atoms with Gasteiger partial charge < -0.3 is 10.1 Å². The Labute approximate surface area is 180 Å². The molecule has 0 bridgehead atoms. The number of ether oxygens (including phenoxy) is 1. The molecule has 0 aliphatic heterocycles. The van der Waals surface area contributed by atoms with Crippen LogP contribution in [-0.4, -0.2) is 28.3 Å². The second-order valence-corrected chi connectivity index (χ2v) is 8.01. The summed E-state index contributed by atoms with van der Waals surface area (Å²) >= 11 is 1.42. The Morgan fingerprint density at radius 3 is 2.60 bits per heavy atom. The van der Waals surface area contributed by atoms with Crippen LogP contribution in [0.15, 0.2) is 71.9 Å². The van der Waals surface area contributed by atoms with Gasteiger partial charge in [-0.15, -0.1) is 0 Å². The van der Waals surface area contributed by atoms with Crippen LogP contribution in [0.25, 0.3) is 16.7 Å². The molecule has 1 N–H and O–H groups in total. The lowest BCUT2D eigenvalue weighted by atomic mass is 10.1. The first kappa shape index (κ1) is 20.0. The van der Waals surface area contributed by atoms with Crippen molar-refractivity contribution >= 4 is 34.4 Å². The standard InChI is InChI=1S/C24H23N3O2S/c1-16-8-9-17(2)21(14-16)25-23(28)15-30-24-26-20-6-4-5-7-22(20)27(24)18-10-12-19(29-3)13-11-18/h4-14H,15H2,1-3H3,(H,25,28). The molecular formula is C24H23N3O2S. The van der Waals surface area contributed by atoms with E-state index in [1.807, 2.05) is 80.6 Å². The molecule has 0 saturated carbocycles. The molecule has 0 aliphatic rings. The van der Waals surface area contributed by atoms with E-state index in [0.29, 0.717) is 0 Å². The summed E-state index contributed by atoms with van der Waals surface area (Å²) in [7, 11) is 1.65. The van der Waals surface area contributed by atoms with E-state index in [1.54, 1.807) is 7.11 Å². The zero-order valence-electron chi connectivity index (χ0n) is 17.2. The van der Waals surface area contributed by atoms with Crippen molar-refractivity contribution in [2.24, 2.45) is 0 Å². The first-order valence-electron chi connectivity index (χ1n) is 9.67. The van der Waals surface area contributed by atoms with Crippen LogP contribution in [0.1, 0.15) is 11.1 Å². The number of aromatic nitrogens is 2. The molecule has 0 atom stereocenters. The Balaban J connectivity index is 1.59. The van der Waals surface area contributed by atoms with Gasteiger partial charge in [0, 0.05) is 11.4 Å². The van der Waals surface area contributed by atoms with Gasteiger partial charge in [-0.25, -0.2) is 4.98 Å². The van der Waals surface area contributed by atoms with Crippen LogP contribution in [0.5, 0.6) is 5.75 Å². The van der Waals surface area contributed by atoms with Gasteiger partial charge in [0.2, 0.25) is 5.91 Å². The molecule has 0 saturated heterocycles. The molecule has 0 radical (unpaired) electrons. The number of nitrogens with zero attached hydrogens (tertiary/aromatic N) is 2. The fourth-order valence-corrected chi connectivity index (χ4v) is 4.10. The molecule has 152 valence electrons. The number of methoxy groups -OCH3 is 1. The molecule has 1 aromatic heterocycles. The van der Waals surface area contributed by atoms with Crippen LogP contribution in [0.4, 0.5) is 5.69 Å². The first-order valence-corrected chi connectivity index (χ1v) is 10.7. The van der Waals surface area contributed by atoms with Crippen molar-refractivity contribution < 1.29 is 9.53 Å². The molecule has 0 spiro atoms. The second kappa shape index (κ2) is 8.63. The highest BCUT2D eigenvalue weighted by Gasteiger charge is 2.15. The number of benzene rings is 3. The van der Waals surface area contributed by atoms with Gasteiger partial charge in [0.15, 0.2) is 5.16 Å². The number of rotatable bonds is 6. The van der Waals surface area contributed by atoms with Crippen LogP contribution in [0.2, 0.25) is 0 Å². The van der Waals surface area contributed by atoms with Gasteiger partial charge in [-0.1, -0.05) is 36.0 Å². The molecular weight excluding hydrogens is 394 g/mol. The van der Waals surface area contributed by atoms with Crippen LogP contribution in [0, 0.1) is 13.8 Å². The van der Waals surface area contributed by atoms with Gasteiger partial charge in [-0.3, -0.25) is 9.36 Å². The minimum absolute atomic E-state index is 0.0537. The Kier molecular flexibility index (Phi) is 5.77. The van der Waals surface area contributed by atoms with Gasteiger partial charge in [-0.2, -0.15) is 0 Å². The van der Waals surface area contributed by atoms with Crippen molar-refractivity contribution in [3.63, 3.8) is 0 Å². The smallest absolute Gasteiger partial charge is 0.234 e. The number of aryl methyl sites for hydroxylation is 2. The molecule has 4 aromatic rings. The lowest BCUT2D eigenvalue weighted by Gasteiger charge is -2.11. The highest BCUT2D eigenvalue weighted by molar-refractivity contribution is 7.99. The monoisotopic (exact) mass is 417 g/mol. The van der Waals surface area contributed by atoms with Crippen molar-refractivity contribution in [3.8, 4) is 11.4 Å². The van der Waals surface area contributed by atoms with Crippen molar-refractivity contribution in [2.75, 3.05) is 18.2 Å². The number of anilines is 1. The van der Waals surface area contributed by atoms with E-state index >= 15 is 0 Å². The molecule has 6 heteroatoms. The topological polar surface area (TPSA) is 56.1 Å². The van der Waals surface area contributed by atoms with Crippen LogP contribution < -0.4 is 10.1 Å². The van der Waals surface area contributed by atoms with Crippen LogP contribution in [-0.2, 0) is 4.79 Å². The number of thioether (sulfide) groups is 1. The average Bonchev–Trinajstić information content (AvgIpc) is 3.13. The number of carbonyl (C=O) groups is 1. The maximum atomic E-state index is 12.6. The third kappa shape index (κ3) is 4.19. The zero-order chi connectivity index (χ0) is 21.1. The molecule has 1 amide bonds. The predicted molar refractivity (Wildman–Crippen MR) is 123 cm³/mol. The van der Waals surface area contributed by atoms with Crippen molar-refractivity contribution in [1.82, 2.24) is 9.55 Å². The van der Waals surface area contributed by atoms with E-state index in [1.165, 1.54) is 11.8 Å². The van der Waals surface area contributed by atoms with Crippen LogP contribution >= 0.6 is 11.8 Å². The molecule has 0 aliphatic carbocycles. The number of hydrogen-bond acceptors (Lipinski definition) is 4. The lowest BCUT2D eigenvalue weighted by Crippen LogP contribution is -2.15. The molecule has 1 heterocycles. The normalized spacial score (nSPS) is 10.9. The molecule has 0 fully saturated rings. The largest absolute Gasteiger partial charge is 0.497 e. The number of imidazole rings is 1. The first-order chi connectivity index (χ1) is 14.5. The summed E-state index contributed by atoms with van der Waals surface area (Å²) in [6, 6.07) is 21.9. The summed E-state index contributed by atoms with van der Waals surface area (Å²) < 4.78 is 7.35. The summed E-state index contributed by atoms with van der Waals surface area (Å²) in [5, 5.41) is 3.79. The number of nitrogens with one attached hydrogen (secondary N) is 1. The van der Waals surface area contributed by atoms with E-state index < -0.39 is 0 Å². The molecule has 0 unspecified atom stereocenters. The fraction of sp³-hybridized carbons (Fsp3) is 0.167. The van der Waals surface area contributed by atoms with Crippen molar-refractivity contribution in [2.45, 2.75) is 19.0 Å². The van der Waals surface area contributed by atoms with E-state index in [9.17, 15) is 4.79 Å². The van der Waals surface area contributed by atoms with Crippen LogP contribution in [0.3, 0.4) is 0 Å². The lowest BCUT2D eigenvalue weighted by molar-refractivity contribution is -0.113. The quantitative estimate of drug-likeness (QED) is 0.428. The van der Waals surface area contributed by atoms with E-state index in [-0.39, 0.29) is 11.7 Å². The van der Waals surface area contributed by atoms with Gasteiger partial charge in [-0.05, 0) is 67.4 Å².